The second-order valence-electron chi connectivity index (χ2n) is 7.64. The van der Waals surface area contributed by atoms with Gasteiger partial charge >= 0.3 is 6.03 Å². The highest BCUT2D eigenvalue weighted by Crippen LogP contribution is 2.30. The molecule has 0 unspecified atom stereocenters. The average molecular weight is 417 g/mol. The number of hydrogen-bond acceptors (Lipinski definition) is 4. The average Bonchev–Trinajstić information content (AvgIpc) is 2.91. The van der Waals surface area contributed by atoms with Crippen molar-refractivity contribution in [3.05, 3.63) is 64.7 Å². The zero-order chi connectivity index (χ0) is 21.2. The molecule has 2 atom stereocenters. The third-order valence-electron chi connectivity index (χ3n) is 5.06. The molecule has 1 aliphatic heterocycles. The lowest BCUT2D eigenvalue weighted by Gasteiger charge is -2.23. The Balaban J connectivity index is 1.66. The van der Waals surface area contributed by atoms with Crippen LogP contribution in [0.2, 0.25) is 5.02 Å². The van der Waals surface area contributed by atoms with Gasteiger partial charge in [0, 0.05) is 5.02 Å². The molecule has 7 heteroatoms. The van der Waals surface area contributed by atoms with Crippen LogP contribution in [0, 0.1) is 0 Å². The first-order chi connectivity index (χ1) is 13.7. The topological polar surface area (TPSA) is 78.9 Å². The molecule has 1 saturated heterocycles. The van der Waals surface area contributed by atoms with Crippen LogP contribution in [0.15, 0.2) is 48.5 Å². The van der Waals surface area contributed by atoms with E-state index in [0.29, 0.717) is 16.3 Å². The first kappa shape index (κ1) is 21.1. The van der Waals surface area contributed by atoms with Gasteiger partial charge in [-0.15, -0.1) is 0 Å². The molecule has 0 radical (unpaired) electrons. The molecule has 6 nitrogen and oxygen atoms in total. The van der Waals surface area contributed by atoms with Gasteiger partial charge in [0.05, 0.1) is 6.54 Å². The van der Waals surface area contributed by atoms with E-state index in [2.05, 4.69) is 19.2 Å². The maximum atomic E-state index is 12.9. The van der Waals surface area contributed by atoms with Crippen LogP contribution in [-0.2, 0) is 10.3 Å². The quantitative estimate of drug-likeness (QED) is 0.675. The van der Waals surface area contributed by atoms with Crippen LogP contribution in [0.1, 0.15) is 37.8 Å². The first-order valence-electron chi connectivity index (χ1n) is 9.52. The van der Waals surface area contributed by atoms with E-state index < -0.39 is 23.6 Å². The molecule has 1 fully saturated rings. The van der Waals surface area contributed by atoms with Crippen molar-refractivity contribution >= 4 is 23.5 Å². The van der Waals surface area contributed by atoms with Crippen LogP contribution < -0.4 is 10.1 Å². The molecule has 0 aromatic heterocycles. The van der Waals surface area contributed by atoms with E-state index in [1.54, 1.807) is 31.2 Å². The summed E-state index contributed by atoms with van der Waals surface area (Å²) in [5.41, 5.74) is 0.455. The Labute approximate surface area is 175 Å². The number of para-hydroxylation sites is 1. The Kier molecular flexibility index (Phi) is 6.15. The normalized spacial score (nSPS) is 20.1. The van der Waals surface area contributed by atoms with Crippen molar-refractivity contribution in [3.8, 4) is 5.75 Å². The van der Waals surface area contributed by atoms with Gasteiger partial charge in [0.15, 0.2) is 0 Å². The number of halogens is 1. The van der Waals surface area contributed by atoms with Crippen molar-refractivity contribution in [1.29, 1.82) is 0 Å². The monoisotopic (exact) mass is 416 g/mol. The van der Waals surface area contributed by atoms with Crippen LogP contribution in [0.4, 0.5) is 4.79 Å². The molecule has 0 saturated carbocycles. The van der Waals surface area contributed by atoms with Gasteiger partial charge in [-0.1, -0.05) is 55.8 Å². The van der Waals surface area contributed by atoms with Gasteiger partial charge in [-0.05, 0) is 42.2 Å². The summed E-state index contributed by atoms with van der Waals surface area (Å²) in [5, 5.41) is 13.7. The van der Waals surface area contributed by atoms with E-state index in [1.807, 2.05) is 24.3 Å². The highest BCUT2D eigenvalue weighted by molar-refractivity contribution is 6.30. The lowest BCUT2D eigenvalue weighted by Crippen LogP contribution is -2.42. The second kappa shape index (κ2) is 8.43. The van der Waals surface area contributed by atoms with Gasteiger partial charge in [-0.3, -0.25) is 9.69 Å². The Hall–Kier alpha value is -2.57. The highest BCUT2D eigenvalue weighted by Gasteiger charge is 2.49. The van der Waals surface area contributed by atoms with Gasteiger partial charge in [-0.25, -0.2) is 4.79 Å². The molecule has 1 heterocycles. The molecule has 3 amide bonds. The molecule has 0 spiro atoms. The Morgan fingerprint density at radius 1 is 1.14 bits per heavy atom. The van der Waals surface area contributed by atoms with Crippen molar-refractivity contribution in [3.63, 3.8) is 0 Å². The van der Waals surface area contributed by atoms with Gasteiger partial charge < -0.3 is 15.2 Å². The molecule has 2 aromatic carbocycles. The number of nitrogens with zero attached hydrogens (tertiary/aromatic N) is 1. The summed E-state index contributed by atoms with van der Waals surface area (Å²) in [6, 6.07) is 13.8. The largest absolute Gasteiger partial charge is 0.491 e. The van der Waals surface area contributed by atoms with Gasteiger partial charge in [0.1, 0.15) is 24.0 Å². The number of imide groups is 1. The number of urea groups is 1. The number of rotatable bonds is 7. The zero-order valence-electron chi connectivity index (χ0n) is 16.7. The molecule has 1 aliphatic rings. The summed E-state index contributed by atoms with van der Waals surface area (Å²) in [5.74, 6) is 0.533. The van der Waals surface area contributed by atoms with Crippen molar-refractivity contribution in [1.82, 2.24) is 10.2 Å². The molecule has 0 bridgehead atoms. The zero-order valence-corrected chi connectivity index (χ0v) is 17.4. The number of β-amino-alcohol motifs (C(OH)–C–C–N with tert-alkyl or cyclic N) is 1. The number of aliphatic hydroxyl groups excluding tert-OH is 1. The number of hydrogen-bond donors (Lipinski definition) is 2. The SMILES string of the molecule is CC(C)c1ccccc1OC[C@@H](O)CN1C(=O)N[C@](C)(c2ccc(Cl)cc2)C1=O. The van der Waals surface area contributed by atoms with Gasteiger partial charge in [0.2, 0.25) is 0 Å². The van der Waals surface area contributed by atoms with Gasteiger partial charge in [-0.2, -0.15) is 0 Å². The minimum absolute atomic E-state index is 0.0293. The van der Waals surface area contributed by atoms with E-state index in [9.17, 15) is 14.7 Å². The minimum atomic E-state index is -1.20. The summed E-state index contributed by atoms with van der Waals surface area (Å²) in [6.07, 6.45) is -1.02. The number of carbonyl (C=O) groups excluding carboxylic acids is 2. The number of benzene rings is 2. The summed E-state index contributed by atoms with van der Waals surface area (Å²) in [6.45, 7) is 5.57. The van der Waals surface area contributed by atoms with Crippen molar-refractivity contribution in [2.45, 2.75) is 38.3 Å². The Bertz CT molecular complexity index is 900. The third kappa shape index (κ3) is 4.38. The molecule has 2 aromatic rings. The van der Waals surface area contributed by atoms with Crippen LogP contribution in [0.25, 0.3) is 0 Å². The molecule has 3 rings (SSSR count). The third-order valence-corrected chi connectivity index (χ3v) is 5.31. The van der Waals surface area contributed by atoms with Crippen molar-refractivity contribution < 1.29 is 19.4 Å². The van der Waals surface area contributed by atoms with Crippen molar-refractivity contribution in [2.24, 2.45) is 0 Å². The molecular weight excluding hydrogens is 392 g/mol. The fraction of sp³-hybridized carbons (Fsp3) is 0.364. The molecule has 0 aliphatic carbocycles. The van der Waals surface area contributed by atoms with Crippen molar-refractivity contribution in [2.75, 3.05) is 13.2 Å². The standard InChI is InChI=1S/C22H25ClN2O4/c1-14(2)18-6-4-5-7-19(18)29-13-17(26)12-25-20(27)22(3,24-21(25)28)15-8-10-16(23)11-9-15/h4-11,14,17,26H,12-13H2,1-3H3,(H,24,28)/t17-,22+/m0/s1. The van der Waals surface area contributed by atoms with E-state index in [0.717, 1.165) is 10.5 Å². The number of amides is 3. The van der Waals surface area contributed by atoms with E-state index in [-0.39, 0.29) is 19.1 Å². The number of carbonyl (C=O) groups is 2. The summed E-state index contributed by atoms with van der Waals surface area (Å²) < 4.78 is 5.76. The lowest BCUT2D eigenvalue weighted by atomic mass is 9.92. The molecule has 154 valence electrons. The lowest BCUT2D eigenvalue weighted by molar-refractivity contribution is -0.132. The van der Waals surface area contributed by atoms with E-state index >= 15 is 0 Å². The first-order valence-corrected chi connectivity index (χ1v) is 9.90. The Morgan fingerprint density at radius 2 is 1.79 bits per heavy atom. The van der Waals surface area contributed by atoms with Crippen LogP contribution in [-0.4, -0.2) is 41.2 Å². The molecular formula is C22H25ClN2O4. The smallest absolute Gasteiger partial charge is 0.325 e. The summed E-state index contributed by atoms with van der Waals surface area (Å²) in [7, 11) is 0. The van der Waals surface area contributed by atoms with Crippen LogP contribution >= 0.6 is 11.6 Å². The predicted octanol–water partition coefficient (Wildman–Crippen LogP) is 3.67. The number of nitrogens with one attached hydrogen (secondary N) is 1. The molecule has 29 heavy (non-hydrogen) atoms. The Morgan fingerprint density at radius 3 is 2.45 bits per heavy atom. The number of ether oxygens (including phenoxy) is 1. The fourth-order valence-corrected chi connectivity index (χ4v) is 3.51. The van der Waals surface area contributed by atoms with Crippen LogP contribution in [0.5, 0.6) is 5.75 Å². The highest BCUT2D eigenvalue weighted by atomic mass is 35.5. The molecule has 2 N–H and O–H groups in total. The van der Waals surface area contributed by atoms with E-state index in [4.69, 9.17) is 16.3 Å². The maximum Gasteiger partial charge on any atom is 0.325 e. The predicted molar refractivity (Wildman–Crippen MR) is 111 cm³/mol. The van der Waals surface area contributed by atoms with E-state index in [1.165, 1.54) is 0 Å². The second-order valence-corrected chi connectivity index (χ2v) is 8.07. The fourth-order valence-electron chi connectivity index (χ4n) is 3.38. The van der Waals surface area contributed by atoms with Gasteiger partial charge in [0.25, 0.3) is 5.91 Å². The summed E-state index contributed by atoms with van der Waals surface area (Å²) >= 11 is 5.91. The minimum Gasteiger partial charge on any atom is -0.491 e. The van der Waals surface area contributed by atoms with Crippen LogP contribution in [0.3, 0.4) is 0 Å². The maximum absolute atomic E-state index is 12.9. The number of aliphatic hydroxyl groups is 1. The summed E-state index contributed by atoms with van der Waals surface area (Å²) in [4.78, 5) is 26.4.